The molecule has 1 unspecified atom stereocenters. The molecule has 0 radical (unpaired) electrons. The Labute approximate surface area is 108 Å². The number of nitrogens with one attached hydrogen (secondary N) is 1. The third-order valence-electron chi connectivity index (χ3n) is 2.75. The van der Waals surface area contributed by atoms with E-state index in [1.54, 1.807) is 7.11 Å². The van der Waals surface area contributed by atoms with E-state index >= 15 is 0 Å². The third-order valence-corrected chi connectivity index (χ3v) is 4.05. The predicted molar refractivity (Wildman–Crippen MR) is 65.5 cm³/mol. The second kappa shape index (κ2) is 5.19. The van der Waals surface area contributed by atoms with Gasteiger partial charge in [-0.25, -0.2) is 4.98 Å². The van der Waals surface area contributed by atoms with Gasteiger partial charge in [-0.3, -0.25) is 0 Å². The van der Waals surface area contributed by atoms with Gasteiger partial charge in [0.1, 0.15) is 16.5 Å². The van der Waals surface area contributed by atoms with E-state index in [-0.39, 0.29) is 10.8 Å². The minimum atomic E-state index is -0.301. The highest BCUT2D eigenvalue weighted by atomic mass is 35.5. The van der Waals surface area contributed by atoms with Gasteiger partial charge >= 0.3 is 0 Å². The summed E-state index contributed by atoms with van der Waals surface area (Å²) in [6, 6.07) is 2.00. The third kappa shape index (κ3) is 2.69. The van der Waals surface area contributed by atoms with Gasteiger partial charge in [-0.15, -0.1) is 0 Å². The van der Waals surface area contributed by atoms with Crippen LogP contribution in [0.15, 0.2) is 0 Å². The highest BCUT2D eigenvalue weighted by Crippen LogP contribution is 2.28. The highest BCUT2D eigenvalue weighted by molar-refractivity contribution is 7.16. The molecule has 1 N–H and O–H groups in total. The van der Waals surface area contributed by atoms with Crippen LogP contribution in [0.5, 0.6) is 0 Å². The number of aromatic nitrogens is 1. The van der Waals surface area contributed by atoms with E-state index in [4.69, 9.17) is 26.3 Å². The van der Waals surface area contributed by atoms with E-state index in [0.717, 1.165) is 6.42 Å². The molecule has 2 heterocycles. The molecule has 1 atom stereocenters. The fraction of sp³-hybridized carbons (Fsp3) is 0.600. The Balaban J connectivity index is 1.99. The molecule has 1 aliphatic rings. The maximum Gasteiger partial charge on any atom is 0.185 e. The quantitative estimate of drug-likeness (QED) is 0.907. The number of anilines is 1. The minimum absolute atomic E-state index is 0.245. The zero-order valence-electron chi connectivity index (χ0n) is 9.33. The van der Waals surface area contributed by atoms with Gasteiger partial charge in [-0.1, -0.05) is 22.9 Å². The predicted octanol–water partition coefficient (Wildman–Crippen LogP) is 1.89. The molecule has 0 aromatic carbocycles. The highest BCUT2D eigenvalue weighted by Gasteiger charge is 2.35. The van der Waals surface area contributed by atoms with Crippen LogP contribution in [0.1, 0.15) is 11.3 Å². The summed E-state index contributed by atoms with van der Waals surface area (Å²) in [5, 5.41) is 12.8. The normalized spacial score (nSPS) is 23.6. The molecule has 17 heavy (non-hydrogen) atoms. The maximum absolute atomic E-state index is 8.77. The van der Waals surface area contributed by atoms with Crippen molar-refractivity contribution in [2.24, 2.45) is 0 Å². The number of methoxy groups -OCH3 is 1. The fourth-order valence-corrected chi connectivity index (χ4v) is 2.59. The lowest BCUT2D eigenvalue weighted by atomic mass is 10.0. The number of halogens is 1. The average molecular weight is 274 g/mol. The van der Waals surface area contributed by atoms with E-state index < -0.39 is 0 Å². The van der Waals surface area contributed by atoms with Gasteiger partial charge in [-0.05, 0) is 0 Å². The molecule has 0 spiro atoms. The second-order valence-corrected chi connectivity index (χ2v) is 5.15. The first kappa shape index (κ1) is 12.6. The van der Waals surface area contributed by atoms with Crippen molar-refractivity contribution in [2.75, 3.05) is 32.2 Å². The fourth-order valence-electron chi connectivity index (χ4n) is 1.64. The van der Waals surface area contributed by atoms with Crippen LogP contribution in [0.3, 0.4) is 0 Å². The molecule has 1 fully saturated rings. The minimum Gasteiger partial charge on any atom is -0.378 e. The Morgan fingerprint density at radius 3 is 3.12 bits per heavy atom. The van der Waals surface area contributed by atoms with Crippen LogP contribution < -0.4 is 5.32 Å². The summed E-state index contributed by atoms with van der Waals surface area (Å²) in [4.78, 5) is 4.48. The monoisotopic (exact) mass is 273 g/mol. The number of rotatable bonds is 4. The zero-order chi connectivity index (χ0) is 12.3. The molecule has 0 bridgehead atoms. The number of nitrogens with zero attached hydrogens (tertiary/aromatic N) is 2. The van der Waals surface area contributed by atoms with Crippen molar-refractivity contribution in [1.82, 2.24) is 4.98 Å². The molecule has 1 aliphatic heterocycles. The first-order chi connectivity index (χ1) is 8.19. The Morgan fingerprint density at radius 2 is 2.59 bits per heavy atom. The largest absolute Gasteiger partial charge is 0.378 e. The molecule has 1 aromatic rings. The molecular formula is C10H12ClN3O2S. The molecule has 0 saturated carbocycles. The van der Waals surface area contributed by atoms with Crippen LogP contribution in [-0.2, 0) is 9.47 Å². The van der Waals surface area contributed by atoms with Crippen molar-refractivity contribution in [3.63, 3.8) is 0 Å². The lowest BCUT2D eigenvalue weighted by molar-refractivity contribution is -0.00620. The molecule has 1 aromatic heterocycles. The Kier molecular flexibility index (Phi) is 3.84. The molecule has 92 valence electrons. The molecule has 0 aliphatic carbocycles. The molecule has 7 heteroatoms. The van der Waals surface area contributed by atoms with Crippen LogP contribution in [0.25, 0.3) is 0 Å². The summed E-state index contributed by atoms with van der Waals surface area (Å²) in [5.74, 6) is 0. The van der Waals surface area contributed by atoms with Gasteiger partial charge in [-0.2, -0.15) is 5.26 Å². The van der Waals surface area contributed by atoms with Crippen molar-refractivity contribution in [3.8, 4) is 6.07 Å². The van der Waals surface area contributed by atoms with Crippen molar-refractivity contribution in [2.45, 2.75) is 12.0 Å². The maximum atomic E-state index is 8.77. The van der Waals surface area contributed by atoms with E-state index in [2.05, 4.69) is 10.3 Å². The average Bonchev–Trinajstić information content (AvgIpc) is 2.94. The van der Waals surface area contributed by atoms with Crippen molar-refractivity contribution in [3.05, 3.63) is 10.0 Å². The number of nitriles is 1. The van der Waals surface area contributed by atoms with E-state index in [1.807, 2.05) is 6.07 Å². The van der Waals surface area contributed by atoms with Gasteiger partial charge in [0, 0.05) is 26.7 Å². The van der Waals surface area contributed by atoms with Gasteiger partial charge in [0.25, 0.3) is 0 Å². The van der Waals surface area contributed by atoms with E-state index in [9.17, 15) is 0 Å². The lowest BCUT2D eigenvalue weighted by Gasteiger charge is -2.25. The Hall–Kier alpha value is -0.870. The number of hydrogen-bond acceptors (Lipinski definition) is 6. The van der Waals surface area contributed by atoms with E-state index in [1.165, 1.54) is 11.3 Å². The van der Waals surface area contributed by atoms with Crippen molar-refractivity contribution in [1.29, 1.82) is 5.26 Å². The summed E-state index contributed by atoms with van der Waals surface area (Å²) < 4.78 is 10.8. The Bertz CT molecular complexity index is 437. The standard InChI is InChI=1S/C10H12ClN3O2S/c1-15-10(2-3-16-6-10)5-13-9-14-8(11)7(4-12)17-9/h2-3,5-6H2,1H3,(H,13,14). The van der Waals surface area contributed by atoms with Gasteiger partial charge < -0.3 is 14.8 Å². The number of thiazole rings is 1. The van der Waals surface area contributed by atoms with Crippen LogP contribution >= 0.6 is 22.9 Å². The molecule has 1 saturated heterocycles. The topological polar surface area (TPSA) is 67.2 Å². The first-order valence-electron chi connectivity index (χ1n) is 5.12. The number of ether oxygens (including phenoxy) is 2. The van der Waals surface area contributed by atoms with Crippen molar-refractivity contribution < 1.29 is 9.47 Å². The Morgan fingerprint density at radius 1 is 1.76 bits per heavy atom. The molecule has 0 amide bonds. The van der Waals surface area contributed by atoms with Crippen LogP contribution in [-0.4, -0.2) is 37.5 Å². The van der Waals surface area contributed by atoms with Gasteiger partial charge in [0.2, 0.25) is 0 Å². The van der Waals surface area contributed by atoms with Gasteiger partial charge in [0.05, 0.1) is 6.61 Å². The van der Waals surface area contributed by atoms with Crippen LogP contribution in [0.2, 0.25) is 5.15 Å². The van der Waals surface area contributed by atoms with Crippen molar-refractivity contribution >= 4 is 28.1 Å². The summed E-state index contributed by atoms with van der Waals surface area (Å²) in [6.45, 7) is 1.87. The molecule has 2 rings (SSSR count). The van der Waals surface area contributed by atoms with Crippen LogP contribution in [0, 0.1) is 11.3 Å². The first-order valence-corrected chi connectivity index (χ1v) is 6.32. The summed E-state index contributed by atoms with van der Waals surface area (Å²) in [5.41, 5.74) is -0.301. The summed E-state index contributed by atoms with van der Waals surface area (Å²) in [6.07, 6.45) is 0.848. The molecule has 5 nitrogen and oxygen atoms in total. The summed E-state index contributed by atoms with van der Waals surface area (Å²) >= 11 is 7.03. The SMILES string of the molecule is COC1(CNc2nc(Cl)c(C#N)s2)CCOC1. The van der Waals surface area contributed by atoms with Gasteiger partial charge in [0.15, 0.2) is 10.3 Å². The van der Waals surface area contributed by atoms with E-state index in [0.29, 0.717) is 29.8 Å². The lowest BCUT2D eigenvalue weighted by Crippen LogP contribution is -2.39. The summed E-state index contributed by atoms with van der Waals surface area (Å²) in [7, 11) is 1.67. The second-order valence-electron chi connectivity index (χ2n) is 3.79. The smallest absolute Gasteiger partial charge is 0.185 e. The number of hydrogen-bond donors (Lipinski definition) is 1. The zero-order valence-corrected chi connectivity index (χ0v) is 10.9. The molecular weight excluding hydrogens is 262 g/mol. The van der Waals surface area contributed by atoms with Crippen LogP contribution in [0.4, 0.5) is 5.13 Å².